The topological polar surface area (TPSA) is 55.3 Å². The van der Waals surface area contributed by atoms with Crippen molar-refractivity contribution in [3.8, 4) is 0 Å². The van der Waals surface area contributed by atoms with E-state index in [2.05, 4.69) is 23.0 Å². The molecule has 0 spiro atoms. The van der Waals surface area contributed by atoms with Crippen molar-refractivity contribution >= 4 is 21.8 Å². The molecule has 2 aromatic rings. The summed E-state index contributed by atoms with van der Waals surface area (Å²) in [5.74, 6) is 0.563. The van der Waals surface area contributed by atoms with Crippen molar-refractivity contribution in [3.05, 3.63) is 17.3 Å². The Morgan fingerprint density at radius 2 is 2.56 bits per heavy atom. The molecule has 0 amide bonds. The van der Waals surface area contributed by atoms with E-state index >= 15 is 0 Å². The van der Waals surface area contributed by atoms with Crippen LogP contribution in [0.15, 0.2) is 16.9 Å². The van der Waals surface area contributed by atoms with Crippen LogP contribution < -0.4 is 5.73 Å². The van der Waals surface area contributed by atoms with Crippen molar-refractivity contribution in [2.45, 2.75) is 12.5 Å². The third-order valence-corrected chi connectivity index (χ3v) is 4.50. The summed E-state index contributed by atoms with van der Waals surface area (Å²) in [6, 6.07) is 2.58. The number of hydrogen-bond acceptors (Lipinski definition) is 5. The first-order valence-electron chi connectivity index (χ1n) is 5.53. The molecule has 1 fully saturated rings. The van der Waals surface area contributed by atoms with Crippen molar-refractivity contribution in [2.24, 2.45) is 11.7 Å². The van der Waals surface area contributed by atoms with Crippen LogP contribution >= 0.6 is 11.3 Å². The van der Waals surface area contributed by atoms with Crippen LogP contribution in [-0.4, -0.2) is 30.0 Å². The Morgan fingerprint density at radius 3 is 3.31 bits per heavy atom. The molecule has 5 heteroatoms. The third-order valence-electron chi connectivity index (χ3n) is 3.42. The van der Waals surface area contributed by atoms with Gasteiger partial charge >= 0.3 is 0 Å². The number of thiophene rings is 1. The minimum absolute atomic E-state index is 0.444. The largest absolute Gasteiger partial charge is 0.433 e. The normalized spacial score (nSPS) is 26.9. The van der Waals surface area contributed by atoms with Gasteiger partial charge in [0.05, 0.1) is 0 Å². The Labute approximate surface area is 98.1 Å². The highest BCUT2D eigenvalue weighted by Gasteiger charge is 2.33. The summed E-state index contributed by atoms with van der Waals surface area (Å²) in [7, 11) is 2.16. The van der Waals surface area contributed by atoms with Gasteiger partial charge in [-0.1, -0.05) is 11.3 Å². The van der Waals surface area contributed by atoms with E-state index in [1.807, 2.05) is 0 Å². The zero-order chi connectivity index (χ0) is 11.1. The summed E-state index contributed by atoms with van der Waals surface area (Å²) in [5.41, 5.74) is 6.80. The molecule has 16 heavy (non-hydrogen) atoms. The van der Waals surface area contributed by atoms with Crippen LogP contribution in [0.4, 0.5) is 0 Å². The molecule has 3 rings (SSSR count). The highest BCUT2D eigenvalue weighted by molar-refractivity contribution is 7.18. The molecular weight excluding hydrogens is 222 g/mol. The smallest absolute Gasteiger partial charge is 0.208 e. The molecule has 1 saturated heterocycles. The van der Waals surface area contributed by atoms with Gasteiger partial charge in [0.15, 0.2) is 6.39 Å². The third kappa shape index (κ3) is 1.47. The van der Waals surface area contributed by atoms with E-state index in [4.69, 9.17) is 10.2 Å². The number of nitrogens with zero attached hydrogens (tertiary/aromatic N) is 2. The van der Waals surface area contributed by atoms with Crippen molar-refractivity contribution in [1.29, 1.82) is 0 Å². The average molecular weight is 237 g/mol. The van der Waals surface area contributed by atoms with E-state index in [1.54, 1.807) is 11.3 Å². The fourth-order valence-corrected chi connectivity index (χ4v) is 3.74. The quantitative estimate of drug-likeness (QED) is 0.866. The predicted octanol–water partition coefficient (Wildman–Crippen LogP) is 1.84. The maximum atomic E-state index is 5.83. The molecular formula is C11H15N3OS. The molecule has 0 saturated carbocycles. The SMILES string of the molecule is CN1CCC(CN)C1c1cc2ncoc2s1. The number of rotatable bonds is 2. The summed E-state index contributed by atoms with van der Waals surface area (Å²) >= 11 is 1.70. The van der Waals surface area contributed by atoms with E-state index in [1.165, 1.54) is 17.7 Å². The first-order valence-corrected chi connectivity index (χ1v) is 6.34. The van der Waals surface area contributed by atoms with Crippen LogP contribution in [0.5, 0.6) is 0 Å². The molecule has 0 radical (unpaired) electrons. The van der Waals surface area contributed by atoms with Crippen LogP contribution in [-0.2, 0) is 0 Å². The monoisotopic (exact) mass is 237 g/mol. The number of fused-ring (bicyclic) bond motifs is 1. The second-order valence-electron chi connectivity index (χ2n) is 4.38. The van der Waals surface area contributed by atoms with Gasteiger partial charge < -0.3 is 10.2 Å². The number of nitrogens with two attached hydrogens (primary N) is 1. The number of likely N-dealkylation sites (tertiary alicyclic amines) is 1. The zero-order valence-electron chi connectivity index (χ0n) is 9.22. The second-order valence-corrected chi connectivity index (χ2v) is 5.43. The Morgan fingerprint density at radius 1 is 1.69 bits per heavy atom. The van der Waals surface area contributed by atoms with E-state index in [0.717, 1.165) is 23.5 Å². The van der Waals surface area contributed by atoms with Gasteiger partial charge in [-0.15, -0.1) is 0 Å². The van der Waals surface area contributed by atoms with E-state index in [-0.39, 0.29) is 0 Å². The molecule has 2 atom stereocenters. The Hall–Kier alpha value is -0.910. The molecule has 4 nitrogen and oxygen atoms in total. The Balaban J connectivity index is 1.99. The van der Waals surface area contributed by atoms with Crippen molar-refractivity contribution in [1.82, 2.24) is 9.88 Å². The van der Waals surface area contributed by atoms with Crippen LogP contribution in [0.2, 0.25) is 0 Å². The lowest BCUT2D eigenvalue weighted by Gasteiger charge is -2.22. The summed E-state index contributed by atoms with van der Waals surface area (Å²) in [6.45, 7) is 1.88. The second kappa shape index (κ2) is 3.84. The molecule has 2 aromatic heterocycles. The van der Waals surface area contributed by atoms with E-state index in [0.29, 0.717) is 12.0 Å². The first-order chi connectivity index (χ1) is 7.79. The van der Waals surface area contributed by atoms with Gasteiger partial charge in [-0.3, -0.25) is 4.90 Å². The summed E-state index contributed by atoms with van der Waals surface area (Å²) < 4.78 is 5.32. The van der Waals surface area contributed by atoms with Gasteiger partial charge in [-0.05, 0) is 38.5 Å². The van der Waals surface area contributed by atoms with Gasteiger partial charge in [0.2, 0.25) is 4.90 Å². The van der Waals surface area contributed by atoms with Crippen molar-refractivity contribution in [2.75, 3.05) is 20.1 Å². The minimum atomic E-state index is 0.444. The molecule has 1 aliphatic heterocycles. The molecule has 3 heterocycles. The highest BCUT2D eigenvalue weighted by atomic mass is 32.1. The zero-order valence-corrected chi connectivity index (χ0v) is 10.0. The number of hydrogen-bond donors (Lipinski definition) is 1. The van der Waals surface area contributed by atoms with Crippen LogP contribution in [0.1, 0.15) is 17.3 Å². The summed E-state index contributed by atoms with van der Waals surface area (Å²) in [4.78, 5) is 8.81. The average Bonchev–Trinajstić information content (AvgIpc) is 2.89. The molecule has 0 bridgehead atoms. The Bertz CT molecular complexity index is 464. The molecule has 2 unspecified atom stereocenters. The maximum Gasteiger partial charge on any atom is 0.208 e. The van der Waals surface area contributed by atoms with E-state index in [9.17, 15) is 0 Å². The lowest BCUT2D eigenvalue weighted by atomic mass is 9.99. The first kappa shape index (κ1) is 10.3. The van der Waals surface area contributed by atoms with E-state index < -0.39 is 0 Å². The predicted molar refractivity (Wildman–Crippen MR) is 64.4 cm³/mol. The fourth-order valence-electron chi connectivity index (χ4n) is 2.56. The van der Waals surface area contributed by atoms with Crippen molar-refractivity contribution in [3.63, 3.8) is 0 Å². The van der Waals surface area contributed by atoms with Crippen LogP contribution in [0.3, 0.4) is 0 Å². The van der Waals surface area contributed by atoms with Gasteiger partial charge in [-0.25, -0.2) is 4.98 Å². The fraction of sp³-hybridized carbons (Fsp3) is 0.545. The van der Waals surface area contributed by atoms with Crippen LogP contribution in [0.25, 0.3) is 10.4 Å². The number of oxazole rings is 1. The van der Waals surface area contributed by atoms with Gasteiger partial charge in [0.1, 0.15) is 5.52 Å². The Kier molecular flexibility index (Phi) is 2.46. The molecule has 1 aliphatic rings. The van der Waals surface area contributed by atoms with Gasteiger partial charge in [0.25, 0.3) is 0 Å². The maximum absolute atomic E-state index is 5.83. The lowest BCUT2D eigenvalue weighted by molar-refractivity contribution is 0.284. The summed E-state index contributed by atoms with van der Waals surface area (Å²) in [5, 5.41) is 0. The standard InChI is InChI=1S/C11H15N3OS/c1-14-3-2-7(5-12)10(14)9-4-8-11(16-9)15-6-13-8/h4,6-7,10H,2-3,5,12H2,1H3. The highest BCUT2D eigenvalue weighted by Crippen LogP contribution is 2.40. The lowest BCUT2D eigenvalue weighted by Crippen LogP contribution is -2.24. The van der Waals surface area contributed by atoms with Gasteiger partial charge in [-0.2, -0.15) is 0 Å². The number of aromatic nitrogens is 1. The molecule has 0 aliphatic carbocycles. The summed E-state index contributed by atoms with van der Waals surface area (Å²) in [6.07, 6.45) is 2.69. The molecule has 86 valence electrons. The minimum Gasteiger partial charge on any atom is -0.433 e. The van der Waals surface area contributed by atoms with Crippen LogP contribution in [0, 0.1) is 5.92 Å². The molecule has 0 aromatic carbocycles. The molecule has 2 N–H and O–H groups in total. The van der Waals surface area contributed by atoms with Gasteiger partial charge in [0, 0.05) is 10.9 Å². The van der Waals surface area contributed by atoms with Crippen molar-refractivity contribution < 1.29 is 4.42 Å².